The molecule has 0 bridgehead atoms. The number of rotatable bonds is 5. The maximum absolute atomic E-state index is 14.9. The van der Waals surface area contributed by atoms with Gasteiger partial charge in [-0.2, -0.15) is 13.2 Å². The Morgan fingerprint density at radius 2 is 1.62 bits per heavy atom. The number of hydrogen-bond acceptors (Lipinski definition) is 2. The molecule has 10 heteroatoms. The molecule has 2 fully saturated rings. The lowest BCUT2D eigenvalue weighted by Crippen LogP contribution is -2.51. The molecule has 2 aromatic carbocycles. The quantitative estimate of drug-likeness (QED) is 0.413. The lowest BCUT2D eigenvalue weighted by Gasteiger charge is -2.45. The first kappa shape index (κ1) is 28.5. The smallest absolute Gasteiger partial charge is 0.426 e. The third kappa shape index (κ3) is 4.77. The number of aliphatic carboxylic acids is 1. The minimum atomic E-state index is -5.10. The van der Waals surface area contributed by atoms with E-state index in [1.807, 2.05) is 0 Å². The average molecular weight is 568 g/mol. The molecule has 1 amide bonds. The zero-order valence-corrected chi connectivity index (χ0v) is 22.0. The van der Waals surface area contributed by atoms with Crippen molar-refractivity contribution in [1.29, 1.82) is 0 Å². The number of fused-ring (bicyclic) bond motifs is 3. The fourth-order valence-corrected chi connectivity index (χ4v) is 7.12. The summed E-state index contributed by atoms with van der Waals surface area (Å²) in [7, 11) is 0. The molecule has 40 heavy (non-hydrogen) atoms. The zero-order chi connectivity index (χ0) is 29.0. The summed E-state index contributed by atoms with van der Waals surface area (Å²) < 4.78 is 83.1. The van der Waals surface area contributed by atoms with Crippen molar-refractivity contribution in [2.45, 2.75) is 81.6 Å². The van der Waals surface area contributed by atoms with Gasteiger partial charge >= 0.3 is 12.1 Å². The summed E-state index contributed by atoms with van der Waals surface area (Å²) in [4.78, 5) is 26.9. The van der Waals surface area contributed by atoms with Gasteiger partial charge < -0.3 is 10.0 Å². The second kappa shape index (κ2) is 10.1. The van der Waals surface area contributed by atoms with Crippen molar-refractivity contribution in [2.75, 3.05) is 6.54 Å². The molecule has 3 aliphatic rings. The molecule has 3 unspecified atom stereocenters. The number of carbonyl (C=O) groups is 2. The summed E-state index contributed by atoms with van der Waals surface area (Å²) in [6.45, 7) is 0.864. The topological polar surface area (TPSA) is 57.6 Å². The predicted molar refractivity (Wildman–Crippen MR) is 134 cm³/mol. The summed E-state index contributed by atoms with van der Waals surface area (Å²) in [5, 5.41) is 9.32. The van der Waals surface area contributed by atoms with Crippen LogP contribution in [-0.4, -0.2) is 40.6 Å². The molecule has 1 saturated heterocycles. The summed E-state index contributed by atoms with van der Waals surface area (Å²) in [5.41, 5.74) is -3.08. The zero-order valence-electron chi connectivity index (χ0n) is 22.0. The molecule has 0 aromatic heterocycles. The first-order valence-electron chi connectivity index (χ1n) is 13.6. The van der Waals surface area contributed by atoms with Crippen molar-refractivity contribution < 1.29 is 41.0 Å². The van der Waals surface area contributed by atoms with Gasteiger partial charge in [-0.15, -0.1) is 0 Å². The minimum Gasteiger partial charge on any atom is -0.481 e. The highest BCUT2D eigenvalue weighted by molar-refractivity contribution is 5.80. The van der Waals surface area contributed by atoms with Crippen LogP contribution in [-0.2, 0) is 33.5 Å². The molecule has 1 aliphatic heterocycles. The van der Waals surface area contributed by atoms with E-state index in [-0.39, 0.29) is 24.3 Å². The molecule has 2 aromatic rings. The van der Waals surface area contributed by atoms with Gasteiger partial charge in [0.1, 0.15) is 0 Å². The van der Waals surface area contributed by atoms with Gasteiger partial charge in [-0.3, -0.25) is 9.59 Å². The first-order valence-corrected chi connectivity index (χ1v) is 13.6. The van der Waals surface area contributed by atoms with Crippen molar-refractivity contribution >= 4 is 11.9 Å². The number of nitrogens with zero attached hydrogens (tertiary/aromatic N) is 1. The highest BCUT2D eigenvalue weighted by Gasteiger charge is 2.56. The van der Waals surface area contributed by atoms with E-state index < -0.39 is 46.3 Å². The number of halogens is 6. The highest BCUT2D eigenvalue weighted by atomic mass is 19.4. The van der Waals surface area contributed by atoms with Crippen molar-refractivity contribution in [1.82, 2.24) is 4.90 Å². The third-order valence-corrected chi connectivity index (χ3v) is 9.43. The van der Waals surface area contributed by atoms with Crippen LogP contribution in [0.3, 0.4) is 0 Å². The number of benzene rings is 2. The Morgan fingerprint density at radius 3 is 2.25 bits per heavy atom. The molecule has 1 heterocycles. The number of hydrogen-bond donors (Lipinski definition) is 1. The summed E-state index contributed by atoms with van der Waals surface area (Å²) in [5.74, 6) is -3.75. The van der Waals surface area contributed by atoms with Crippen LogP contribution in [0.4, 0.5) is 26.3 Å². The first-order chi connectivity index (χ1) is 18.7. The fourth-order valence-electron chi connectivity index (χ4n) is 7.12. The van der Waals surface area contributed by atoms with Crippen molar-refractivity contribution in [3.63, 3.8) is 0 Å². The molecular formula is C30H31F6NO3. The van der Waals surface area contributed by atoms with Gasteiger partial charge in [0, 0.05) is 23.9 Å². The van der Waals surface area contributed by atoms with Crippen LogP contribution in [0.15, 0.2) is 36.4 Å². The maximum Gasteiger partial charge on any atom is 0.426 e. The van der Waals surface area contributed by atoms with Crippen LogP contribution in [0.5, 0.6) is 0 Å². The number of likely N-dealkylation sites (tertiary alicyclic amines) is 1. The lowest BCUT2D eigenvalue weighted by molar-refractivity contribution is -0.228. The van der Waals surface area contributed by atoms with Gasteiger partial charge in [-0.1, -0.05) is 24.3 Å². The van der Waals surface area contributed by atoms with Crippen molar-refractivity contribution in [3.8, 4) is 0 Å². The summed E-state index contributed by atoms with van der Waals surface area (Å²) in [6.07, 6.45) is -1.92. The number of amides is 1. The Morgan fingerprint density at radius 1 is 0.950 bits per heavy atom. The van der Waals surface area contributed by atoms with E-state index in [0.717, 1.165) is 18.2 Å². The Balaban J connectivity index is 1.51. The fraction of sp³-hybridized carbons (Fsp3) is 0.533. The normalized spacial score (nSPS) is 28.0. The Labute approximate surface area is 228 Å². The number of carbonyl (C=O) groups excluding carboxylic acids is 1. The second-order valence-corrected chi connectivity index (χ2v) is 11.7. The number of carboxylic acid groups (broad SMARTS) is 1. The monoisotopic (exact) mass is 567 g/mol. The van der Waals surface area contributed by atoms with E-state index in [1.165, 1.54) is 18.2 Å². The van der Waals surface area contributed by atoms with E-state index in [0.29, 0.717) is 75.1 Å². The molecule has 0 radical (unpaired) electrons. The van der Waals surface area contributed by atoms with Crippen LogP contribution in [0.2, 0.25) is 0 Å². The van der Waals surface area contributed by atoms with E-state index in [9.17, 15) is 41.0 Å². The van der Waals surface area contributed by atoms with Crippen molar-refractivity contribution in [3.05, 3.63) is 70.3 Å². The Bertz CT molecular complexity index is 1320. The van der Waals surface area contributed by atoms with Gasteiger partial charge in [0.2, 0.25) is 11.6 Å². The van der Waals surface area contributed by atoms with Gasteiger partial charge in [-0.25, -0.2) is 13.2 Å². The van der Waals surface area contributed by atoms with Crippen LogP contribution in [0, 0.1) is 23.5 Å². The number of carboxylic acids is 1. The number of alkyl halides is 4. The largest absolute Gasteiger partial charge is 0.481 e. The molecule has 3 atom stereocenters. The third-order valence-electron chi connectivity index (χ3n) is 9.43. The van der Waals surface area contributed by atoms with Gasteiger partial charge in [0.15, 0.2) is 11.6 Å². The lowest BCUT2D eigenvalue weighted by atomic mass is 9.63. The number of aryl methyl sites for hydroxylation is 1. The molecule has 1 saturated carbocycles. The standard InChI is InChI=1S/C30H31F6NO3/c1-28(33,30(34,35)36)21-8-9-22-20(15-21)7-11-25-29(22,16-17-2-10-23(31)24(32)14-17)12-13-37(25)26(38)18-3-5-19(6-4-18)27(39)40/h2,8-10,14-15,18-19,25H,3-7,11-13,16H2,1H3,(H,39,40)/t18-,19-,25?,28?,29?. The van der Waals surface area contributed by atoms with Crippen LogP contribution >= 0.6 is 0 Å². The molecule has 5 rings (SSSR count). The van der Waals surface area contributed by atoms with Crippen LogP contribution in [0.1, 0.15) is 67.7 Å². The van der Waals surface area contributed by atoms with Crippen molar-refractivity contribution in [2.24, 2.45) is 11.8 Å². The SMILES string of the molecule is CC(F)(c1ccc2c(c1)CCC1N(C(=O)[C@H]3CC[C@H](C(=O)O)CC3)CCC21Cc1ccc(F)c(F)c1)C(F)(F)F. The Kier molecular flexibility index (Phi) is 7.19. The molecule has 1 N–H and O–H groups in total. The van der Waals surface area contributed by atoms with Gasteiger partial charge in [0.05, 0.1) is 5.92 Å². The van der Waals surface area contributed by atoms with E-state index in [2.05, 4.69) is 0 Å². The van der Waals surface area contributed by atoms with E-state index in [4.69, 9.17) is 0 Å². The molecule has 2 aliphatic carbocycles. The Hall–Kier alpha value is -3.04. The maximum atomic E-state index is 14.9. The predicted octanol–water partition coefficient (Wildman–Crippen LogP) is 6.63. The molecular weight excluding hydrogens is 536 g/mol. The van der Waals surface area contributed by atoms with Gasteiger partial charge in [-0.05, 0) is 92.7 Å². The minimum absolute atomic E-state index is 0.0746. The highest BCUT2D eigenvalue weighted by Crippen LogP contribution is 2.51. The second-order valence-electron chi connectivity index (χ2n) is 11.7. The van der Waals surface area contributed by atoms with Gasteiger partial charge in [0.25, 0.3) is 0 Å². The van der Waals surface area contributed by atoms with E-state index in [1.54, 1.807) is 4.90 Å². The van der Waals surface area contributed by atoms with Crippen LogP contribution in [0.25, 0.3) is 0 Å². The molecule has 4 nitrogen and oxygen atoms in total. The molecule has 216 valence electrons. The summed E-state index contributed by atoms with van der Waals surface area (Å²) in [6, 6.07) is 7.15. The van der Waals surface area contributed by atoms with E-state index >= 15 is 0 Å². The average Bonchev–Trinajstić information content (AvgIpc) is 3.28. The summed E-state index contributed by atoms with van der Waals surface area (Å²) >= 11 is 0. The van der Waals surface area contributed by atoms with Crippen LogP contribution < -0.4 is 0 Å². The molecule has 0 spiro atoms.